The number of nitrogens with one attached hydrogen (secondary N) is 1. The molecule has 0 unspecified atom stereocenters. The molecule has 1 aromatic heterocycles. The molecule has 16 heavy (non-hydrogen) atoms. The number of nitrogens with zero attached hydrogens (tertiary/aromatic N) is 3. The summed E-state index contributed by atoms with van der Waals surface area (Å²) >= 11 is 1.07. The summed E-state index contributed by atoms with van der Waals surface area (Å²) in [6, 6.07) is 0. The van der Waals surface area contributed by atoms with Gasteiger partial charge in [0.2, 0.25) is 0 Å². The van der Waals surface area contributed by atoms with Gasteiger partial charge in [0.25, 0.3) is 0 Å². The van der Waals surface area contributed by atoms with Crippen LogP contribution < -0.4 is 5.32 Å². The fourth-order valence-corrected chi connectivity index (χ4v) is 1.97. The molecule has 0 spiro atoms. The number of halogens is 3. The molecule has 90 valence electrons. The van der Waals surface area contributed by atoms with E-state index in [2.05, 4.69) is 15.3 Å². The Hall–Kier alpha value is -0.280. The van der Waals surface area contributed by atoms with Crippen molar-refractivity contribution in [3.63, 3.8) is 0 Å². The number of alkyl halides is 3. The van der Waals surface area contributed by atoms with E-state index in [1.807, 2.05) is 0 Å². The predicted octanol–water partition coefficient (Wildman–Crippen LogP) is 1.23. The van der Waals surface area contributed by atoms with Crippen molar-refractivity contribution < 1.29 is 8.78 Å². The Morgan fingerprint density at radius 1 is 1.44 bits per heavy atom. The minimum atomic E-state index is -2.94. The topological polar surface area (TPSA) is 33.1 Å². The van der Waals surface area contributed by atoms with Crippen LogP contribution in [0, 0.1) is 0 Å². The van der Waals surface area contributed by atoms with Crippen LogP contribution >= 0.6 is 22.6 Å². The van der Waals surface area contributed by atoms with Gasteiger partial charge in [0, 0.05) is 67.1 Å². The highest BCUT2D eigenvalue weighted by Crippen LogP contribution is 2.28. The first-order chi connectivity index (χ1) is 7.55. The zero-order chi connectivity index (χ0) is 11.6. The SMILES string of the molecule is FC(F)(I)n1cc(CN2CCNCC2)cn1. The Morgan fingerprint density at radius 2 is 2.12 bits per heavy atom. The van der Waals surface area contributed by atoms with Crippen molar-refractivity contribution in [1.29, 1.82) is 0 Å². The molecular weight excluding hydrogens is 329 g/mol. The number of aromatic nitrogens is 2. The molecule has 0 radical (unpaired) electrons. The molecule has 2 heterocycles. The number of hydrogen-bond donors (Lipinski definition) is 1. The van der Waals surface area contributed by atoms with Crippen LogP contribution in [0.4, 0.5) is 8.78 Å². The van der Waals surface area contributed by atoms with Crippen molar-refractivity contribution in [2.24, 2.45) is 0 Å². The van der Waals surface area contributed by atoms with Crippen molar-refractivity contribution in [1.82, 2.24) is 20.0 Å². The van der Waals surface area contributed by atoms with E-state index in [1.165, 1.54) is 12.4 Å². The molecule has 1 N–H and O–H groups in total. The maximum atomic E-state index is 12.9. The summed E-state index contributed by atoms with van der Waals surface area (Å²) in [5.41, 5.74) is 0.832. The Morgan fingerprint density at radius 3 is 2.69 bits per heavy atom. The molecule has 1 fully saturated rings. The summed E-state index contributed by atoms with van der Waals surface area (Å²) < 4.78 is 23.6. The van der Waals surface area contributed by atoms with E-state index in [0.29, 0.717) is 11.2 Å². The van der Waals surface area contributed by atoms with Crippen molar-refractivity contribution >= 4 is 22.6 Å². The zero-order valence-corrected chi connectivity index (χ0v) is 10.8. The molecule has 0 amide bonds. The molecule has 1 aromatic rings. The Balaban J connectivity index is 1.97. The molecule has 0 bridgehead atoms. The zero-order valence-electron chi connectivity index (χ0n) is 8.67. The number of rotatable bonds is 3. The second kappa shape index (κ2) is 4.92. The fraction of sp³-hybridized carbons (Fsp3) is 0.667. The van der Waals surface area contributed by atoms with Crippen LogP contribution in [0.25, 0.3) is 0 Å². The van der Waals surface area contributed by atoms with E-state index in [1.54, 1.807) is 0 Å². The van der Waals surface area contributed by atoms with Gasteiger partial charge in [-0.25, -0.2) is 0 Å². The first-order valence-electron chi connectivity index (χ1n) is 5.09. The minimum absolute atomic E-state index is 0.689. The van der Waals surface area contributed by atoms with Gasteiger partial charge < -0.3 is 5.32 Å². The van der Waals surface area contributed by atoms with E-state index in [4.69, 9.17) is 0 Å². The Kier molecular flexibility index (Phi) is 3.75. The summed E-state index contributed by atoms with van der Waals surface area (Å²) in [6.45, 7) is 4.50. The summed E-state index contributed by atoms with van der Waals surface area (Å²) in [6.07, 6.45) is 2.92. The van der Waals surface area contributed by atoms with Gasteiger partial charge in [-0.05, 0) is 0 Å². The number of piperazine rings is 1. The van der Waals surface area contributed by atoms with Gasteiger partial charge >= 0.3 is 4.05 Å². The molecule has 0 saturated carbocycles. The molecule has 1 saturated heterocycles. The Labute approximate surface area is 106 Å². The van der Waals surface area contributed by atoms with Crippen LogP contribution in [0.5, 0.6) is 0 Å². The molecule has 0 aliphatic carbocycles. The molecule has 1 aliphatic heterocycles. The summed E-state index contributed by atoms with van der Waals surface area (Å²) in [5.74, 6) is 0. The van der Waals surface area contributed by atoms with Crippen molar-refractivity contribution in [2.75, 3.05) is 26.2 Å². The highest BCUT2D eigenvalue weighted by molar-refractivity contribution is 14.1. The van der Waals surface area contributed by atoms with Crippen LogP contribution in [-0.4, -0.2) is 40.9 Å². The van der Waals surface area contributed by atoms with Gasteiger partial charge in [-0.2, -0.15) is 18.6 Å². The van der Waals surface area contributed by atoms with Gasteiger partial charge in [-0.3, -0.25) is 4.90 Å². The van der Waals surface area contributed by atoms with Gasteiger partial charge in [0.05, 0.1) is 6.20 Å². The maximum Gasteiger partial charge on any atom is 0.394 e. The maximum absolute atomic E-state index is 12.9. The Bertz CT molecular complexity index is 344. The summed E-state index contributed by atoms with van der Waals surface area (Å²) in [7, 11) is 0. The van der Waals surface area contributed by atoms with E-state index < -0.39 is 4.05 Å². The standard InChI is InChI=1S/C9H13F2IN4/c10-9(11,12)16-7-8(5-14-16)6-15-3-1-13-2-4-15/h5,7,13H,1-4,6H2. The van der Waals surface area contributed by atoms with Gasteiger partial charge in [-0.1, -0.05) is 0 Å². The van der Waals surface area contributed by atoms with Gasteiger partial charge in [-0.15, -0.1) is 0 Å². The average Bonchev–Trinajstić information content (AvgIpc) is 2.67. The lowest BCUT2D eigenvalue weighted by Crippen LogP contribution is -2.42. The molecule has 0 atom stereocenters. The quantitative estimate of drug-likeness (QED) is 0.663. The van der Waals surface area contributed by atoms with Crippen molar-refractivity contribution in [2.45, 2.75) is 10.6 Å². The number of hydrogen-bond acceptors (Lipinski definition) is 3. The van der Waals surface area contributed by atoms with E-state index in [0.717, 1.165) is 54.3 Å². The first kappa shape index (κ1) is 12.2. The largest absolute Gasteiger partial charge is 0.394 e. The van der Waals surface area contributed by atoms with Gasteiger partial charge in [0.15, 0.2) is 0 Å². The fourth-order valence-electron chi connectivity index (χ4n) is 1.71. The van der Waals surface area contributed by atoms with Gasteiger partial charge in [0.1, 0.15) is 0 Å². The summed E-state index contributed by atoms with van der Waals surface area (Å²) in [4.78, 5) is 2.23. The smallest absolute Gasteiger partial charge is 0.314 e. The van der Waals surface area contributed by atoms with E-state index in [9.17, 15) is 8.78 Å². The third-order valence-electron chi connectivity index (χ3n) is 2.51. The van der Waals surface area contributed by atoms with Crippen molar-refractivity contribution in [3.05, 3.63) is 18.0 Å². The molecule has 4 nitrogen and oxygen atoms in total. The highest BCUT2D eigenvalue weighted by atomic mass is 127. The molecule has 7 heteroatoms. The predicted molar refractivity (Wildman–Crippen MR) is 64.6 cm³/mol. The van der Waals surface area contributed by atoms with Crippen LogP contribution in [0.2, 0.25) is 0 Å². The third kappa shape index (κ3) is 3.11. The monoisotopic (exact) mass is 342 g/mol. The third-order valence-corrected chi connectivity index (χ3v) is 3.01. The molecule has 2 rings (SSSR count). The molecule has 1 aliphatic rings. The van der Waals surface area contributed by atoms with E-state index in [-0.39, 0.29) is 0 Å². The van der Waals surface area contributed by atoms with Crippen molar-refractivity contribution in [3.8, 4) is 0 Å². The molecule has 0 aromatic carbocycles. The van der Waals surface area contributed by atoms with E-state index >= 15 is 0 Å². The first-order valence-corrected chi connectivity index (χ1v) is 6.17. The minimum Gasteiger partial charge on any atom is -0.314 e. The van der Waals surface area contributed by atoms with Crippen LogP contribution in [0.3, 0.4) is 0 Å². The highest BCUT2D eigenvalue weighted by Gasteiger charge is 2.27. The average molecular weight is 342 g/mol. The normalized spacial score (nSPS) is 18.9. The second-order valence-electron chi connectivity index (χ2n) is 3.79. The summed E-state index contributed by atoms with van der Waals surface area (Å²) in [5, 5.41) is 6.92. The second-order valence-corrected chi connectivity index (χ2v) is 5.09. The van der Waals surface area contributed by atoms with Crippen LogP contribution in [-0.2, 0) is 10.6 Å². The lowest BCUT2D eigenvalue weighted by atomic mass is 10.3. The lowest BCUT2D eigenvalue weighted by molar-refractivity contribution is 0.0326. The van der Waals surface area contributed by atoms with Crippen LogP contribution in [0.15, 0.2) is 12.4 Å². The lowest BCUT2D eigenvalue weighted by Gasteiger charge is -2.26. The van der Waals surface area contributed by atoms with Crippen LogP contribution in [0.1, 0.15) is 5.56 Å². The molecular formula is C9H13F2IN4.